The molecule has 0 amide bonds. The van der Waals surface area contributed by atoms with Gasteiger partial charge in [0, 0.05) is 14.2 Å². The number of benzene rings is 1. The average molecular weight is 194 g/mol. The summed E-state index contributed by atoms with van der Waals surface area (Å²) in [5.74, 6) is -0.942. The Hall–Kier alpha value is -1.33. The van der Waals surface area contributed by atoms with Crippen LogP contribution >= 0.6 is 0 Å². The van der Waals surface area contributed by atoms with Crippen molar-refractivity contribution in [1.29, 1.82) is 0 Å². The first-order chi connectivity index (χ1) is 6.69. The minimum Gasteiger partial charge on any atom is -0.478 e. The zero-order valence-electron chi connectivity index (χ0n) is 8.06. The Bertz CT molecular complexity index is 305. The van der Waals surface area contributed by atoms with Crippen LogP contribution in [0.5, 0.6) is 0 Å². The molecule has 74 valence electrons. The first kappa shape index (κ1) is 10.8. The maximum absolute atomic E-state index is 10.6. The minimum absolute atomic E-state index is 0.250. The molecular weight excluding hydrogens is 183 g/mol. The van der Waals surface area contributed by atoms with Crippen molar-refractivity contribution < 1.29 is 19.2 Å². The minimum atomic E-state index is -0.942. The standard InChI is InChI=1S/C9H11BO4/c1-13-10(14-2)8-5-3-7(4-6-8)9(11)12/h3-6H,1-2H3,(H,11,12). The first-order valence-electron chi connectivity index (χ1n) is 4.08. The summed E-state index contributed by atoms with van der Waals surface area (Å²) in [6.07, 6.45) is 0. The fourth-order valence-corrected chi connectivity index (χ4v) is 1.15. The van der Waals surface area contributed by atoms with E-state index in [2.05, 4.69) is 0 Å². The third-order valence-electron chi connectivity index (χ3n) is 1.86. The van der Waals surface area contributed by atoms with Gasteiger partial charge >= 0.3 is 13.1 Å². The highest BCUT2D eigenvalue weighted by Gasteiger charge is 2.17. The van der Waals surface area contributed by atoms with Crippen molar-refractivity contribution in [3.8, 4) is 0 Å². The molecule has 0 spiro atoms. The topological polar surface area (TPSA) is 55.8 Å². The number of hydrogen-bond acceptors (Lipinski definition) is 3. The molecule has 1 aromatic rings. The van der Waals surface area contributed by atoms with Crippen molar-refractivity contribution in [1.82, 2.24) is 0 Å². The van der Waals surface area contributed by atoms with Crippen LogP contribution in [0.15, 0.2) is 24.3 Å². The number of carboxylic acids is 1. The lowest BCUT2D eigenvalue weighted by Gasteiger charge is -2.08. The fourth-order valence-electron chi connectivity index (χ4n) is 1.15. The van der Waals surface area contributed by atoms with Crippen LogP contribution in [0.4, 0.5) is 0 Å². The Morgan fingerprint density at radius 3 is 2.07 bits per heavy atom. The lowest BCUT2D eigenvalue weighted by atomic mass is 9.79. The van der Waals surface area contributed by atoms with Crippen LogP contribution in [0.25, 0.3) is 0 Å². The van der Waals surface area contributed by atoms with E-state index >= 15 is 0 Å². The van der Waals surface area contributed by atoms with Crippen molar-refractivity contribution in [3.05, 3.63) is 29.8 Å². The summed E-state index contributed by atoms with van der Waals surface area (Å²) in [4.78, 5) is 10.6. The molecule has 1 rings (SSSR count). The maximum Gasteiger partial charge on any atom is 0.493 e. The molecule has 4 nitrogen and oxygen atoms in total. The molecule has 5 heteroatoms. The molecule has 0 atom stereocenters. The monoisotopic (exact) mass is 194 g/mol. The van der Waals surface area contributed by atoms with Crippen molar-refractivity contribution in [2.24, 2.45) is 0 Å². The molecule has 0 aliphatic carbocycles. The Balaban J connectivity index is 2.87. The Morgan fingerprint density at radius 1 is 1.21 bits per heavy atom. The number of carboxylic acid groups (broad SMARTS) is 1. The van der Waals surface area contributed by atoms with Gasteiger partial charge in [-0.1, -0.05) is 12.1 Å². The molecule has 0 fully saturated rings. The zero-order valence-corrected chi connectivity index (χ0v) is 8.06. The molecule has 14 heavy (non-hydrogen) atoms. The quantitative estimate of drug-likeness (QED) is 0.703. The van der Waals surface area contributed by atoms with E-state index in [0.717, 1.165) is 5.46 Å². The Morgan fingerprint density at radius 2 is 1.71 bits per heavy atom. The molecule has 1 N–H and O–H groups in total. The van der Waals surface area contributed by atoms with E-state index in [0.29, 0.717) is 0 Å². The molecule has 0 aliphatic heterocycles. The van der Waals surface area contributed by atoms with Crippen LogP contribution in [0, 0.1) is 0 Å². The average Bonchev–Trinajstić information content (AvgIpc) is 2.20. The fraction of sp³-hybridized carbons (Fsp3) is 0.222. The third-order valence-corrected chi connectivity index (χ3v) is 1.86. The largest absolute Gasteiger partial charge is 0.493 e. The lowest BCUT2D eigenvalue weighted by molar-refractivity contribution is 0.0697. The molecule has 0 bridgehead atoms. The van der Waals surface area contributed by atoms with Crippen molar-refractivity contribution in [2.75, 3.05) is 14.2 Å². The SMILES string of the molecule is COB(OC)c1ccc(C(=O)O)cc1. The molecule has 0 aromatic heterocycles. The van der Waals surface area contributed by atoms with Crippen LogP contribution in [0.1, 0.15) is 10.4 Å². The van der Waals surface area contributed by atoms with Gasteiger partial charge in [-0.15, -0.1) is 0 Å². The van der Waals surface area contributed by atoms with Crippen LogP contribution in [-0.4, -0.2) is 32.4 Å². The summed E-state index contributed by atoms with van der Waals surface area (Å²) in [6.45, 7) is 0. The number of carbonyl (C=O) groups is 1. The van der Waals surface area contributed by atoms with E-state index in [1.807, 2.05) is 0 Å². The summed E-state index contributed by atoms with van der Waals surface area (Å²) >= 11 is 0. The molecule has 0 saturated heterocycles. The first-order valence-corrected chi connectivity index (χ1v) is 4.08. The Kier molecular flexibility index (Phi) is 3.68. The molecule has 0 aliphatic rings. The van der Waals surface area contributed by atoms with E-state index < -0.39 is 13.1 Å². The number of hydrogen-bond donors (Lipinski definition) is 1. The third kappa shape index (κ3) is 2.34. The van der Waals surface area contributed by atoms with Gasteiger partial charge in [-0.25, -0.2) is 4.79 Å². The van der Waals surface area contributed by atoms with Gasteiger partial charge in [0.25, 0.3) is 0 Å². The summed E-state index contributed by atoms with van der Waals surface area (Å²) in [5.41, 5.74) is 1.04. The van der Waals surface area contributed by atoms with E-state index in [-0.39, 0.29) is 5.56 Å². The number of aromatic carboxylic acids is 1. The maximum atomic E-state index is 10.6. The van der Waals surface area contributed by atoms with Crippen LogP contribution in [-0.2, 0) is 9.31 Å². The lowest BCUT2D eigenvalue weighted by Crippen LogP contribution is -2.34. The van der Waals surface area contributed by atoms with Crippen molar-refractivity contribution in [3.63, 3.8) is 0 Å². The van der Waals surface area contributed by atoms with Gasteiger partial charge in [0.1, 0.15) is 0 Å². The second-order valence-corrected chi connectivity index (χ2v) is 2.73. The van der Waals surface area contributed by atoms with Crippen LogP contribution < -0.4 is 5.46 Å². The van der Waals surface area contributed by atoms with Gasteiger partial charge in [-0.2, -0.15) is 0 Å². The summed E-state index contributed by atoms with van der Waals surface area (Å²) < 4.78 is 10.0. The van der Waals surface area contributed by atoms with Gasteiger partial charge in [-0.05, 0) is 17.6 Å². The van der Waals surface area contributed by atoms with Gasteiger partial charge in [-0.3, -0.25) is 0 Å². The van der Waals surface area contributed by atoms with E-state index in [9.17, 15) is 4.79 Å². The normalized spacial score (nSPS) is 9.86. The smallest absolute Gasteiger partial charge is 0.478 e. The highest BCUT2D eigenvalue weighted by atomic mass is 16.6. The van der Waals surface area contributed by atoms with Crippen molar-refractivity contribution >= 4 is 18.6 Å². The highest BCUT2D eigenvalue weighted by molar-refractivity contribution is 6.61. The van der Waals surface area contributed by atoms with Gasteiger partial charge in [0.2, 0.25) is 0 Å². The van der Waals surface area contributed by atoms with Gasteiger partial charge in [0.15, 0.2) is 0 Å². The summed E-state index contributed by atoms with van der Waals surface area (Å²) in [6, 6.07) is 6.37. The van der Waals surface area contributed by atoms with Crippen molar-refractivity contribution in [2.45, 2.75) is 0 Å². The molecular formula is C9H11BO4. The number of rotatable bonds is 4. The summed E-state index contributed by atoms with van der Waals surface area (Å²) in [5, 5.41) is 8.67. The van der Waals surface area contributed by atoms with E-state index in [1.165, 1.54) is 26.4 Å². The Labute approximate surface area is 82.6 Å². The van der Waals surface area contributed by atoms with E-state index in [4.69, 9.17) is 14.4 Å². The van der Waals surface area contributed by atoms with Gasteiger partial charge < -0.3 is 14.4 Å². The van der Waals surface area contributed by atoms with E-state index in [1.54, 1.807) is 12.1 Å². The van der Waals surface area contributed by atoms with Crippen LogP contribution in [0.3, 0.4) is 0 Å². The zero-order chi connectivity index (χ0) is 10.6. The van der Waals surface area contributed by atoms with Gasteiger partial charge in [0.05, 0.1) is 5.56 Å². The second kappa shape index (κ2) is 4.78. The molecule has 0 radical (unpaired) electrons. The van der Waals surface area contributed by atoms with Crippen LogP contribution in [0.2, 0.25) is 0 Å². The molecule has 0 unspecified atom stereocenters. The predicted molar refractivity (Wildman–Crippen MR) is 52.8 cm³/mol. The molecule has 0 heterocycles. The molecule has 1 aromatic carbocycles. The predicted octanol–water partition coefficient (Wildman–Crippen LogP) is 0.373. The second-order valence-electron chi connectivity index (χ2n) is 2.73. The summed E-state index contributed by atoms with van der Waals surface area (Å²) in [7, 11) is 2.61. The molecule has 0 saturated carbocycles. The highest BCUT2D eigenvalue weighted by Crippen LogP contribution is 1.98.